The van der Waals surface area contributed by atoms with Crippen LogP contribution in [0, 0.1) is 5.92 Å². The Labute approximate surface area is 133 Å². The van der Waals surface area contributed by atoms with Gasteiger partial charge in [-0.3, -0.25) is 0 Å². The standard InChI is InChI=1S/C18H27ClN2/c1-2-11-20-13-15-7-3-9-16(19)18(15)21-12-5-8-14-6-4-10-17(14)21/h3,7,9,14,17,20H,2,4-6,8,10-13H2,1H3. The van der Waals surface area contributed by atoms with Crippen molar-refractivity contribution in [3.8, 4) is 0 Å². The molecule has 2 unspecified atom stereocenters. The van der Waals surface area contributed by atoms with E-state index in [0.29, 0.717) is 0 Å². The van der Waals surface area contributed by atoms with Crippen molar-refractivity contribution >= 4 is 17.3 Å². The minimum Gasteiger partial charge on any atom is -0.367 e. The Hall–Kier alpha value is -0.730. The summed E-state index contributed by atoms with van der Waals surface area (Å²) >= 11 is 6.60. The molecule has 0 radical (unpaired) electrons. The van der Waals surface area contributed by atoms with Gasteiger partial charge in [0, 0.05) is 19.1 Å². The minimum atomic E-state index is 0.726. The zero-order valence-electron chi connectivity index (χ0n) is 13.1. The Bertz CT molecular complexity index is 474. The van der Waals surface area contributed by atoms with Crippen LogP contribution in [0.25, 0.3) is 0 Å². The van der Waals surface area contributed by atoms with Gasteiger partial charge in [-0.2, -0.15) is 0 Å². The van der Waals surface area contributed by atoms with Gasteiger partial charge in [-0.05, 0) is 56.2 Å². The summed E-state index contributed by atoms with van der Waals surface area (Å²) in [5, 5.41) is 4.46. The number of hydrogen-bond acceptors (Lipinski definition) is 2. The van der Waals surface area contributed by atoms with E-state index < -0.39 is 0 Å². The number of nitrogens with zero attached hydrogens (tertiary/aromatic N) is 1. The molecule has 1 aromatic carbocycles. The molecule has 0 spiro atoms. The quantitative estimate of drug-likeness (QED) is 0.799. The Balaban J connectivity index is 1.85. The molecule has 1 aromatic rings. The van der Waals surface area contributed by atoms with Gasteiger partial charge in [0.25, 0.3) is 0 Å². The number of anilines is 1. The highest BCUT2D eigenvalue weighted by atomic mass is 35.5. The largest absolute Gasteiger partial charge is 0.367 e. The van der Waals surface area contributed by atoms with Crippen molar-refractivity contribution in [1.29, 1.82) is 0 Å². The summed E-state index contributed by atoms with van der Waals surface area (Å²) in [7, 11) is 0. The molecule has 2 fully saturated rings. The van der Waals surface area contributed by atoms with Gasteiger partial charge in [0.2, 0.25) is 0 Å². The lowest BCUT2D eigenvalue weighted by atomic mass is 9.91. The molecule has 0 bridgehead atoms. The van der Waals surface area contributed by atoms with Crippen molar-refractivity contribution in [3.05, 3.63) is 28.8 Å². The van der Waals surface area contributed by atoms with Crippen LogP contribution in [0.3, 0.4) is 0 Å². The topological polar surface area (TPSA) is 15.3 Å². The van der Waals surface area contributed by atoms with Gasteiger partial charge in [-0.1, -0.05) is 37.1 Å². The highest BCUT2D eigenvalue weighted by Gasteiger charge is 2.36. The fourth-order valence-electron chi connectivity index (χ4n) is 4.16. The van der Waals surface area contributed by atoms with Crippen molar-refractivity contribution in [2.24, 2.45) is 5.92 Å². The van der Waals surface area contributed by atoms with Gasteiger partial charge in [0.15, 0.2) is 0 Å². The van der Waals surface area contributed by atoms with E-state index in [1.54, 1.807) is 0 Å². The molecule has 1 aliphatic heterocycles. The van der Waals surface area contributed by atoms with Crippen LogP contribution in [0.15, 0.2) is 18.2 Å². The van der Waals surface area contributed by atoms with Crippen molar-refractivity contribution in [2.75, 3.05) is 18.0 Å². The maximum Gasteiger partial charge on any atom is 0.0643 e. The molecule has 1 saturated heterocycles. The zero-order valence-corrected chi connectivity index (χ0v) is 13.8. The predicted octanol–water partition coefficient (Wildman–Crippen LogP) is 4.61. The fraction of sp³-hybridized carbons (Fsp3) is 0.667. The lowest BCUT2D eigenvalue weighted by Gasteiger charge is -2.41. The molecule has 1 aliphatic carbocycles. The number of rotatable bonds is 5. The van der Waals surface area contributed by atoms with Crippen molar-refractivity contribution in [1.82, 2.24) is 5.32 Å². The first kappa shape index (κ1) is 15.2. The monoisotopic (exact) mass is 306 g/mol. The molecule has 1 heterocycles. The van der Waals surface area contributed by atoms with Crippen LogP contribution in [-0.2, 0) is 6.54 Å². The number of piperidine rings is 1. The minimum absolute atomic E-state index is 0.726. The molecule has 1 saturated carbocycles. The highest BCUT2D eigenvalue weighted by Crippen LogP contribution is 2.42. The van der Waals surface area contributed by atoms with E-state index in [1.165, 1.54) is 56.3 Å². The Morgan fingerprint density at radius 1 is 1.24 bits per heavy atom. The number of para-hydroxylation sites is 1. The van der Waals surface area contributed by atoms with Crippen molar-refractivity contribution < 1.29 is 0 Å². The van der Waals surface area contributed by atoms with Crippen LogP contribution >= 0.6 is 11.6 Å². The number of benzene rings is 1. The molecule has 0 amide bonds. The Kier molecular flexibility index (Phi) is 5.07. The molecule has 2 aliphatic rings. The second-order valence-corrected chi connectivity index (χ2v) is 6.93. The van der Waals surface area contributed by atoms with Crippen LogP contribution < -0.4 is 10.2 Å². The number of nitrogens with one attached hydrogen (secondary N) is 1. The maximum absolute atomic E-state index is 6.60. The molecule has 2 atom stereocenters. The van der Waals surface area contributed by atoms with Gasteiger partial charge in [-0.25, -0.2) is 0 Å². The summed E-state index contributed by atoms with van der Waals surface area (Å²) in [6.07, 6.45) is 8.04. The van der Waals surface area contributed by atoms with E-state index >= 15 is 0 Å². The predicted molar refractivity (Wildman–Crippen MR) is 91.2 cm³/mol. The van der Waals surface area contributed by atoms with E-state index in [2.05, 4.69) is 35.3 Å². The first-order valence-corrected chi connectivity index (χ1v) is 8.93. The molecular formula is C18H27ClN2. The van der Waals surface area contributed by atoms with Crippen LogP contribution in [0.5, 0.6) is 0 Å². The highest BCUT2D eigenvalue weighted by molar-refractivity contribution is 6.33. The number of fused-ring (bicyclic) bond motifs is 1. The average Bonchev–Trinajstić information content (AvgIpc) is 2.96. The van der Waals surface area contributed by atoms with Crippen LogP contribution in [0.4, 0.5) is 5.69 Å². The smallest absolute Gasteiger partial charge is 0.0643 e. The van der Waals surface area contributed by atoms with Gasteiger partial charge in [-0.15, -0.1) is 0 Å². The van der Waals surface area contributed by atoms with Gasteiger partial charge < -0.3 is 10.2 Å². The van der Waals surface area contributed by atoms with E-state index in [4.69, 9.17) is 11.6 Å². The third-order valence-electron chi connectivity index (χ3n) is 5.09. The Morgan fingerprint density at radius 3 is 2.95 bits per heavy atom. The molecule has 1 N–H and O–H groups in total. The van der Waals surface area contributed by atoms with Crippen molar-refractivity contribution in [3.63, 3.8) is 0 Å². The summed E-state index contributed by atoms with van der Waals surface area (Å²) in [5.41, 5.74) is 2.67. The van der Waals surface area contributed by atoms with Crippen molar-refractivity contribution in [2.45, 2.75) is 58.0 Å². The molecule has 21 heavy (non-hydrogen) atoms. The van der Waals surface area contributed by atoms with Gasteiger partial charge in [0.1, 0.15) is 0 Å². The maximum atomic E-state index is 6.60. The van der Waals surface area contributed by atoms with Crippen LogP contribution in [0.2, 0.25) is 5.02 Å². The van der Waals surface area contributed by atoms with Crippen LogP contribution in [0.1, 0.15) is 51.0 Å². The molecule has 0 aromatic heterocycles. The first-order chi connectivity index (χ1) is 10.3. The van der Waals surface area contributed by atoms with E-state index in [1.807, 2.05) is 0 Å². The van der Waals surface area contributed by atoms with E-state index in [-0.39, 0.29) is 0 Å². The van der Waals surface area contributed by atoms with E-state index in [0.717, 1.165) is 30.1 Å². The lowest BCUT2D eigenvalue weighted by molar-refractivity contribution is 0.362. The zero-order chi connectivity index (χ0) is 14.7. The normalized spacial score (nSPS) is 25.1. The molecule has 116 valence electrons. The summed E-state index contributed by atoms with van der Waals surface area (Å²) in [6, 6.07) is 7.11. The van der Waals surface area contributed by atoms with Crippen LogP contribution in [-0.4, -0.2) is 19.1 Å². The molecule has 3 heteroatoms. The number of hydrogen-bond donors (Lipinski definition) is 1. The third-order valence-corrected chi connectivity index (χ3v) is 5.40. The summed E-state index contributed by atoms with van der Waals surface area (Å²) in [4.78, 5) is 2.63. The number of halogens is 1. The summed E-state index contributed by atoms with van der Waals surface area (Å²) < 4.78 is 0. The SMILES string of the molecule is CCCNCc1cccc(Cl)c1N1CCCC2CCCC21. The fourth-order valence-corrected chi connectivity index (χ4v) is 4.46. The van der Waals surface area contributed by atoms with E-state index in [9.17, 15) is 0 Å². The lowest BCUT2D eigenvalue weighted by Crippen LogP contribution is -2.43. The molecule has 2 nitrogen and oxygen atoms in total. The molecule has 3 rings (SSSR count). The second kappa shape index (κ2) is 7.02. The summed E-state index contributed by atoms with van der Waals surface area (Å²) in [5.74, 6) is 0.895. The second-order valence-electron chi connectivity index (χ2n) is 6.52. The Morgan fingerprint density at radius 2 is 2.10 bits per heavy atom. The third kappa shape index (κ3) is 3.22. The molecular weight excluding hydrogens is 280 g/mol. The summed E-state index contributed by atoms with van der Waals surface area (Å²) in [6.45, 7) is 5.38. The average molecular weight is 307 g/mol. The first-order valence-electron chi connectivity index (χ1n) is 8.56. The van der Waals surface area contributed by atoms with Gasteiger partial charge >= 0.3 is 0 Å². The van der Waals surface area contributed by atoms with Gasteiger partial charge in [0.05, 0.1) is 10.7 Å².